The number of carbonyl (C=O) groups is 2. The minimum absolute atomic E-state index is 0.0738. The lowest BCUT2D eigenvalue weighted by Gasteiger charge is -2.37. The number of hydrogen-bond acceptors (Lipinski definition) is 6. The number of likely N-dealkylation sites (tertiary alicyclic amines) is 1. The maximum Gasteiger partial charge on any atom is 0.233 e. The highest BCUT2D eigenvalue weighted by atomic mass is 16.3. The molecule has 4 rings (SSSR count). The molecule has 0 bridgehead atoms. The van der Waals surface area contributed by atoms with Gasteiger partial charge in [0, 0.05) is 32.7 Å². The number of hydrogen-bond donors (Lipinski definition) is 2. The van der Waals surface area contributed by atoms with E-state index in [4.69, 9.17) is 0 Å². The van der Waals surface area contributed by atoms with Crippen LogP contribution in [0.4, 0.5) is 5.69 Å². The molecule has 3 unspecified atom stereocenters. The number of β-amino-alcohol motifs (C(OH)–C–C–N with tert-alkyl or cyclic N) is 1. The van der Waals surface area contributed by atoms with Crippen molar-refractivity contribution in [3.05, 3.63) is 36.4 Å². The van der Waals surface area contributed by atoms with E-state index in [0.717, 1.165) is 31.9 Å². The number of amides is 2. The van der Waals surface area contributed by atoms with E-state index in [-0.39, 0.29) is 35.9 Å². The van der Waals surface area contributed by atoms with Crippen LogP contribution in [0.15, 0.2) is 36.4 Å². The second-order valence-electron chi connectivity index (χ2n) is 7.87. The van der Waals surface area contributed by atoms with Gasteiger partial charge in [0.1, 0.15) is 5.75 Å². The molecule has 28 heavy (non-hydrogen) atoms. The van der Waals surface area contributed by atoms with Gasteiger partial charge in [-0.3, -0.25) is 19.4 Å². The van der Waals surface area contributed by atoms with Gasteiger partial charge in [0.15, 0.2) is 0 Å². The van der Waals surface area contributed by atoms with Crippen LogP contribution >= 0.6 is 0 Å². The van der Waals surface area contributed by atoms with E-state index in [9.17, 15) is 19.8 Å². The molecular formula is C21H27N3O4. The zero-order valence-electron chi connectivity index (χ0n) is 15.9. The number of anilines is 1. The molecule has 0 spiro atoms. The van der Waals surface area contributed by atoms with Crippen molar-refractivity contribution in [3.8, 4) is 5.75 Å². The average Bonchev–Trinajstić information content (AvgIpc) is 2.94. The van der Waals surface area contributed by atoms with E-state index >= 15 is 0 Å². The maximum absolute atomic E-state index is 12.5. The molecule has 3 aliphatic rings. The van der Waals surface area contributed by atoms with Gasteiger partial charge >= 0.3 is 0 Å². The SMILES string of the molecule is O=C1C2CC=CCC2C(=O)N1CC(O)CN1CCN(c2ccccc2O)CC1. The number of aliphatic hydroxyl groups excluding tert-OH is 1. The Hall–Kier alpha value is -2.38. The van der Waals surface area contributed by atoms with E-state index in [0.29, 0.717) is 19.4 Å². The first-order chi connectivity index (χ1) is 13.5. The maximum atomic E-state index is 12.5. The van der Waals surface area contributed by atoms with Crippen molar-refractivity contribution < 1.29 is 19.8 Å². The second kappa shape index (κ2) is 7.93. The number of allylic oxidation sites excluding steroid dienone is 2. The monoisotopic (exact) mass is 385 g/mol. The molecule has 2 saturated heterocycles. The first-order valence-electron chi connectivity index (χ1n) is 9.98. The summed E-state index contributed by atoms with van der Waals surface area (Å²) >= 11 is 0. The van der Waals surface area contributed by atoms with E-state index in [1.807, 2.05) is 24.3 Å². The van der Waals surface area contributed by atoms with Crippen LogP contribution < -0.4 is 4.90 Å². The lowest BCUT2D eigenvalue weighted by atomic mass is 9.85. The number of nitrogens with zero attached hydrogens (tertiary/aromatic N) is 3. The van der Waals surface area contributed by atoms with Gasteiger partial charge in [0.2, 0.25) is 11.8 Å². The van der Waals surface area contributed by atoms with Crippen molar-refractivity contribution in [2.24, 2.45) is 11.8 Å². The number of aliphatic hydroxyl groups is 1. The van der Waals surface area contributed by atoms with E-state index < -0.39 is 6.10 Å². The van der Waals surface area contributed by atoms with Gasteiger partial charge in [-0.1, -0.05) is 24.3 Å². The van der Waals surface area contributed by atoms with Gasteiger partial charge in [0.05, 0.1) is 30.2 Å². The summed E-state index contributed by atoms with van der Waals surface area (Å²) in [6, 6.07) is 7.29. The molecule has 1 aliphatic carbocycles. The van der Waals surface area contributed by atoms with Gasteiger partial charge in [0.25, 0.3) is 0 Å². The minimum Gasteiger partial charge on any atom is -0.506 e. The number of benzene rings is 1. The number of fused-ring (bicyclic) bond motifs is 1. The Bertz CT molecular complexity index is 747. The number of phenols is 1. The zero-order valence-corrected chi connectivity index (χ0v) is 15.9. The fraction of sp³-hybridized carbons (Fsp3) is 0.524. The van der Waals surface area contributed by atoms with Gasteiger partial charge in [-0.05, 0) is 25.0 Å². The van der Waals surface area contributed by atoms with Crippen molar-refractivity contribution in [2.75, 3.05) is 44.2 Å². The van der Waals surface area contributed by atoms with Crippen molar-refractivity contribution in [3.63, 3.8) is 0 Å². The minimum atomic E-state index is -0.752. The Morgan fingerprint density at radius 3 is 2.14 bits per heavy atom. The van der Waals surface area contributed by atoms with Crippen molar-refractivity contribution in [2.45, 2.75) is 18.9 Å². The Balaban J connectivity index is 1.28. The van der Waals surface area contributed by atoms with Crippen LogP contribution in [0.2, 0.25) is 0 Å². The summed E-state index contributed by atoms with van der Waals surface area (Å²) in [5, 5.41) is 20.5. The molecule has 1 aromatic carbocycles. The van der Waals surface area contributed by atoms with Crippen LogP contribution in [-0.4, -0.2) is 77.2 Å². The molecular weight excluding hydrogens is 358 g/mol. The third kappa shape index (κ3) is 3.64. The molecule has 7 nitrogen and oxygen atoms in total. The average molecular weight is 385 g/mol. The quantitative estimate of drug-likeness (QED) is 0.577. The summed E-state index contributed by atoms with van der Waals surface area (Å²) in [5.74, 6) is -0.484. The third-order valence-electron chi connectivity index (χ3n) is 6.06. The number of phenolic OH excluding ortho intramolecular Hbond substituents is 1. The van der Waals surface area contributed by atoms with Gasteiger partial charge < -0.3 is 15.1 Å². The first-order valence-corrected chi connectivity index (χ1v) is 9.98. The van der Waals surface area contributed by atoms with Crippen LogP contribution in [-0.2, 0) is 9.59 Å². The fourth-order valence-corrected chi connectivity index (χ4v) is 4.52. The highest BCUT2D eigenvalue weighted by molar-refractivity contribution is 6.05. The summed E-state index contributed by atoms with van der Waals surface area (Å²) in [4.78, 5) is 30.6. The molecule has 1 aromatic rings. The Labute approximate surface area is 164 Å². The lowest BCUT2D eigenvalue weighted by Crippen LogP contribution is -2.50. The normalized spacial score (nSPS) is 26.6. The highest BCUT2D eigenvalue weighted by Gasteiger charge is 2.47. The molecule has 0 aromatic heterocycles. The van der Waals surface area contributed by atoms with Gasteiger partial charge in [-0.2, -0.15) is 0 Å². The van der Waals surface area contributed by atoms with Crippen molar-refractivity contribution >= 4 is 17.5 Å². The number of carbonyl (C=O) groups excluding carboxylic acids is 2. The second-order valence-corrected chi connectivity index (χ2v) is 7.87. The van der Waals surface area contributed by atoms with Crippen LogP contribution in [0, 0.1) is 11.8 Å². The number of imide groups is 1. The molecule has 0 radical (unpaired) electrons. The highest BCUT2D eigenvalue weighted by Crippen LogP contribution is 2.35. The summed E-state index contributed by atoms with van der Waals surface area (Å²) in [6.07, 6.45) is 4.43. The molecule has 150 valence electrons. The van der Waals surface area contributed by atoms with Crippen LogP contribution in [0.1, 0.15) is 12.8 Å². The standard InChI is InChI=1S/C21H27N3O4/c25-15(14-24-20(27)16-5-1-2-6-17(16)21(24)28)13-22-9-11-23(12-10-22)18-7-3-4-8-19(18)26/h1-4,7-8,15-17,25-26H,5-6,9-14H2. The van der Waals surface area contributed by atoms with E-state index in [2.05, 4.69) is 9.80 Å². The summed E-state index contributed by atoms with van der Waals surface area (Å²) < 4.78 is 0. The third-order valence-corrected chi connectivity index (χ3v) is 6.06. The number of para-hydroxylation sites is 2. The summed E-state index contributed by atoms with van der Waals surface area (Å²) in [5.41, 5.74) is 0.826. The van der Waals surface area contributed by atoms with Gasteiger partial charge in [-0.25, -0.2) is 0 Å². The topological polar surface area (TPSA) is 84.3 Å². The van der Waals surface area contributed by atoms with E-state index in [1.54, 1.807) is 12.1 Å². The molecule has 2 fully saturated rings. The predicted octanol–water partition coefficient (Wildman–Crippen LogP) is 0.826. The van der Waals surface area contributed by atoms with E-state index in [1.165, 1.54) is 4.90 Å². The Morgan fingerprint density at radius 2 is 1.54 bits per heavy atom. The number of piperazine rings is 1. The number of aromatic hydroxyl groups is 1. The fourth-order valence-electron chi connectivity index (χ4n) is 4.52. The molecule has 2 aliphatic heterocycles. The summed E-state index contributed by atoms with van der Waals surface area (Å²) in [7, 11) is 0. The van der Waals surface area contributed by atoms with Crippen LogP contribution in [0.25, 0.3) is 0 Å². The van der Waals surface area contributed by atoms with Crippen LogP contribution in [0.5, 0.6) is 5.75 Å². The van der Waals surface area contributed by atoms with Gasteiger partial charge in [-0.15, -0.1) is 0 Å². The Kier molecular flexibility index (Phi) is 5.37. The largest absolute Gasteiger partial charge is 0.506 e. The lowest BCUT2D eigenvalue weighted by molar-refractivity contribution is -0.141. The molecule has 7 heteroatoms. The molecule has 0 saturated carbocycles. The van der Waals surface area contributed by atoms with Crippen molar-refractivity contribution in [1.29, 1.82) is 0 Å². The zero-order chi connectivity index (χ0) is 19.7. The first kappa shape index (κ1) is 19.0. The summed E-state index contributed by atoms with van der Waals surface area (Å²) in [6.45, 7) is 3.51. The van der Waals surface area contributed by atoms with Crippen molar-refractivity contribution in [1.82, 2.24) is 9.80 Å². The smallest absolute Gasteiger partial charge is 0.233 e. The molecule has 2 N–H and O–H groups in total. The predicted molar refractivity (Wildman–Crippen MR) is 105 cm³/mol. The van der Waals surface area contributed by atoms with Crippen LogP contribution in [0.3, 0.4) is 0 Å². The Morgan fingerprint density at radius 1 is 0.929 bits per heavy atom. The number of rotatable bonds is 5. The molecule has 2 heterocycles. The molecule has 3 atom stereocenters. The molecule has 2 amide bonds.